The Labute approximate surface area is 217 Å². The number of H-pyrrole nitrogens is 1. The number of nitrogens with zero attached hydrogens (tertiary/aromatic N) is 2. The fourth-order valence-corrected chi connectivity index (χ4v) is 5.41. The predicted octanol–water partition coefficient (Wildman–Crippen LogP) is 3.54. The third kappa shape index (κ3) is 3.76. The summed E-state index contributed by atoms with van der Waals surface area (Å²) < 4.78 is 0. The molecule has 0 unspecified atom stereocenters. The van der Waals surface area contributed by atoms with Crippen LogP contribution in [0.3, 0.4) is 0 Å². The lowest BCUT2D eigenvalue weighted by Crippen LogP contribution is -2.33. The van der Waals surface area contributed by atoms with Crippen molar-refractivity contribution in [3.8, 4) is 0 Å². The van der Waals surface area contributed by atoms with Crippen molar-refractivity contribution in [3.05, 3.63) is 94.3 Å². The predicted molar refractivity (Wildman–Crippen MR) is 146 cm³/mol. The Morgan fingerprint density at radius 1 is 0.895 bits per heavy atom. The first-order valence-corrected chi connectivity index (χ1v) is 12.3. The van der Waals surface area contributed by atoms with Gasteiger partial charge in [-0.05, 0) is 84.1 Å². The van der Waals surface area contributed by atoms with Crippen LogP contribution in [0.25, 0.3) is 17.0 Å². The molecule has 0 bridgehead atoms. The highest BCUT2D eigenvalue weighted by molar-refractivity contribution is 6.11. The second-order valence-corrected chi connectivity index (χ2v) is 9.49. The number of carboxylic acids is 1. The first-order chi connectivity index (χ1) is 18.3. The lowest BCUT2D eigenvalue weighted by molar-refractivity contribution is -0.115. The number of fused-ring (bicyclic) bond motifs is 4. The van der Waals surface area contributed by atoms with E-state index in [-0.39, 0.29) is 23.2 Å². The molecular weight excluding hydrogens is 482 g/mol. The minimum atomic E-state index is -1.03. The minimum Gasteiger partial charge on any atom is -0.477 e. The van der Waals surface area contributed by atoms with E-state index in [9.17, 15) is 19.5 Å². The molecule has 2 aliphatic rings. The zero-order valence-corrected chi connectivity index (χ0v) is 20.4. The molecule has 9 heteroatoms. The van der Waals surface area contributed by atoms with E-state index in [4.69, 9.17) is 11.5 Å². The monoisotopic (exact) mass is 507 g/mol. The van der Waals surface area contributed by atoms with Crippen LogP contribution in [0, 0.1) is 0 Å². The summed E-state index contributed by atoms with van der Waals surface area (Å²) in [5.74, 6) is -1.45. The maximum absolute atomic E-state index is 13.4. The molecule has 9 nitrogen and oxygen atoms in total. The molecule has 2 amide bonds. The Morgan fingerprint density at radius 2 is 1.61 bits per heavy atom. The van der Waals surface area contributed by atoms with E-state index in [2.05, 4.69) is 4.98 Å². The number of nitrogens with two attached hydrogens (primary N) is 2. The number of aromatic amines is 1. The maximum Gasteiger partial charge on any atom is 0.352 e. The van der Waals surface area contributed by atoms with Gasteiger partial charge in [0.1, 0.15) is 5.69 Å². The highest BCUT2D eigenvalue weighted by atomic mass is 16.4. The van der Waals surface area contributed by atoms with E-state index in [1.165, 1.54) is 0 Å². The number of hydrogen-bond donors (Lipinski definition) is 4. The van der Waals surface area contributed by atoms with Crippen LogP contribution in [0.2, 0.25) is 0 Å². The fourth-order valence-electron chi connectivity index (χ4n) is 5.41. The second kappa shape index (κ2) is 8.81. The maximum atomic E-state index is 13.4. The van der Waals surface area contributed by atoms with E-state index in [0.29, 0.717) is 37.2 Å². The van der Waals surface area contributed by atoms with Crippen molar-refractivity contribution in [2.24, 2.45) is 5.73 Å². The average molecular weight is 508 g/mol. The third-order valence-corrected chi connectivity index (χ3v) is 7.27. The summed E-state index contributed by atoms with van der Waals surface area (Å²) in [6, 6.07) is 17.7. The standard InChI is InChI=1S/C29H25N5O4/c30-18-6-4-16(5-7-18)27(35)33-12-10-19-17(2-1-3-25(19)33)14-22(31)28(36)34-13-11-20-21-15-24(29(37)38)32-23(21)8-9-26(20)34/h1-9,14-15,32H,10-13,30-31H2,(H,37,38)/b22-14-. The first-order valence-electron chi connectivity index (χ1n) is 12.3. The molecule has 3 heterocycles. The number of carbonyl (C=O) groups is 3. The zero-order valence-electron chi connectivity index (χ0n) is 20.4. The van der Waals surface area contributed by atoms with Gasteiger partial charge < -0.3 is 31.4 Å². The Hall–Kier alpha value is -5.05. The highest BCUT2D eigenvalue weighted by Crippen LogP contribution is 2.36. The Bertz CT molecular complexity index is 1670. The summed E-state index contributed by atoms with van der Waals surface area (Å²) in [5.41, 5.74) is 18.4. The first kappa shape index (κ1) is 23.4. The summed E-state index contributed by atoms with van der Waals surface area (Å²) in [6.07, 6.45) is 2.92. The number of aromatic nitrogens is 1. The van der Waals surface area contributed by atoms with Crippen LogP contribution >= 0.6 is 0 Å². The molecule has 0 spiro atoms. The van der Waals surface area contributed by atoms with E-state index < -0.39 is 5.97 Å². The van der Waals surface area contributed by atoms with Crippen LogP contribution in [0.4, 0.5) is 17.1 Å². The molecule has 38 heavy (non-hydrogen) atoms. The molecule has 4 aromatic rings. The quantitative estimate of drug-likeness (QED) is 0.246. The second-order valence-electron chi connectivity index (χ2n) is 9.49. The molecule has 0 fully saturated rings. The van der Waals surface area contributed by atoms with E-state index in [0.717, 1.165) is 39.0 Å². The molecule has 1 aromatic heterocycles. The van der Waals surface area contributed by atoms with Crippen molar-refractivity contribution < 1.29 is 19.5 Å². The molecule has 0 saturated heterocycles. The van der Waals surface area contributed by atoms with Crippen molar-refractivity contribution in [3.63, 3.8) is 0 Å². The van der Waals surface area contributed by atoms with Gasteiger partial charge in [0.15, 0.2) is 0 Å². The molecule has 2 aliphatic heterocycles. The topological polar surface area (TPSA) is 146 Å². The van der Waals surface area contributed by atoms with Crippen molar-refractivity contribution in [1.82, 2.24) is 4.98 Å². The number of carboxylic acid groups (broad SMARTS) is 1. The SMILES string of the molecule is N/C(=C\c1cccc2c1CCN2C(=O)c1ccc(N)cc1)C(=O)N1CCc2c1ccc1[nH]c(C(=O)O)cc21. The van der Waals surface area contributed by atoms with Gasteiger partial charge in [0, 0.05) is 46.6 Å². The minimum absolute atomic E-state index is 0.0925. The van der Waals surface area contributed by atoms with Crippen LogP contribution in [-0.2, 0) is 17.6 Å². The van der Waals surface area contributed by atoms with Crippen LogP contribution in [-0.4, -0.2) is 41.0 Å². The van der Waals surface area contributed by atoms with Gasteiger partial charge >= 0.3 is 5.97 Å². The Kier molecular flexibility index (Phi) is 5.41. The molecule has 3 aromatic carbocycles. The number of benzene rings is 3. The van der Waals surface area contributed by atoms with Gasteiger partial charge in [0.05, 0.1) is 5.70 Å². The lowest BCUT2D eigenvalue weighted by Gasteiger charge is -2.19. The number of aromatic carboxylic acids is 1. The molecular formula is C29H25N5O4. The van der Waals surface area contributed by atoms with Gasteiger partial charge in [-0.15, -0.1) is 0 Å². The van der Waals surface area contributed by atoms with Crippen LogP contribution in [0.5, 0.6) is 0 Å². The van der Waals surface area contributed by atoms with Crippen LogP contribution in [0.1, 0.15) is 37.5 Å². The Morgan fingerprint density at radius 3 is 2.37 bits per heavy atom. The molecule has 6 N–H and O–H groups in total. The van der Waals surface area contributed by atoms with E-state index in [1.807, 2.05) is 24.3 Å². The number of nitrogens with one attached hydrogen (secondary N) is 1. The summed E-state index contributed by atoms with van der Waals surface area (Å²) in [7, 11) is 0. The molecule has 0 aliphatic carbocycles. The van der Waals surface area contributed by atoms with E-state index in [1.54, 1.807) is 52.3 Å². The van der Waals surface area contributed by atoms with Gasteiger partial charge in [-0.3, -0.25) is 9.59 Å². The summed E-state index contributed by atoms with van der Waals surface area (Å²) in [4.78, 5) is 44.2. The number of nitrogen functional groups attached to an aromatic ring is 1. The van der Waals surface area contributed by atoms with Gasteiger partial charge in [-0.25, -0.2) is 4.79 Å². The van der Waals surface area contributed by atoms with Gasteiger partial charge in [0.2, 0.25) is 0 Å². The average Bonchev–Trinajstić information content (AvgIpc) is 3.64. The molecule has 190 valence electrons. The van der Waals surface area contributed by atoms with Crippen LogP contribution in [0.15, 0.2) is 66.4 Å². The number of carbonyl (C=O) groups excluding carboxylic acids is 2. The largest absolute Gasteiger partial charge is 0.477 e. The Balaban J connectivity index is 1.28. The number of amides is 2. The molecule has 6 rings (SSSR count). The smallest absolute Gasteiger partial charge is 0.352 e. The van der Waals surface area contributed by atoms with Crippen molar-refractivity contribution in [1.29, 1.82) is 0 Å². The zero-order chi connectivity index (χ0) is 26.6. The lowest BCUT2D eigenvalue weighted by atomic mass is 10.0. The van der Waals surface area contributed by atoms with Crippen molar-refractivity contribution in [2.75, 3.05) is 28.6 Å². The highest BCUT2D eigenvalue weighted by Gasteiger charge is 2.30. The third-order valence-electron chi connectivity index (χ3n) is 7.27. The van der Waals surface area contributed by atoms with E-state index >= 15 is 0 Å². The number of anilines is 3. The normalized spacial score (nSPS) is 14.6. The van der Waals surface area contributed by atoms with Crippen molar-refractivity contribution >= 4 is 51.8 Å². The molecule has 0 atom stereocenters. The van der Waals surface area contributed by atoms with Crippen molar-refractivity contribution in [2.45, 2.75) is 12.8 Å². The molecule has 0 radical (unpaired) electrons. The van der Waals surface area contributed by atoms with Gasteiger partial charge in [0.25, 0.3) is 11.8 Å². The number of rotatable bonds is 4. The van der Waals surface area contributed by atoms with Gasteiger partial charge in [-0.1, -0.05) is 12.1 Å². The van der Waals surface area contributed by atoms with Gasteiger partial charge in [-0.2, -0.15) is 0 Å². The summed E-state index contributed by atoms with van der Waals surface area (Å²) in [6.45, 7) is 0.980. The summed E-state index contributed by atoms with van der Waals surface area (Å²) >= 11 is 0. The molecule has 0 saturated carbocycles. The fraction of sp³-hybridized carbons (Fsp3) is 0.138. The number of hydrogen-bond acceptors (Lipinski definition) is 5. The van der Waals surface area contributed by atoms with Crippen LogP contribution < -0.4 is 21.3 Å². The summed E-state index contributed by atoms with van der Waals surface area (Å²) in [5, 5.41) is 10.1.